The van der Waals surface area contributed by atoms with E-state index >= 15 is 0 Å². The molecule has 1 aromatic rings. The molecule has 24 heavy (non-hydrogen) atoms. The van der Waals surface area contributed by atoms with Crippen LogP contribution in [0.2, 0.25) is 0 Å². The Hall–Kier alpha value is -2.33. The highest BCUT2D eigenvalue weighted by molar-refractivity contribution is 5.74. The number of nitrogens with zero attached hydrogens (tertiary/aromatic N) is 3. The molecule has 0 spiro atoms. The summed E-state index contributed by atoms with van der Waals surface area (Å²) in [5.41, 5.74) is 0.525. The molecule has 1 aromatic heterocycles. The van der Waals surface area contributed by atoms with Crippen LogP contribution in [0.4, 0.5) is 4.79 Å². The van der Waals surface area contributed by atoms with Crippen LogP contribution < -0.4 is 10.1 Å². The molecule has 0 unspecified atom stereocenters. The Labute approximate surface area is 141 Å². The standard InChI is InChI=1S/C17H22N4O3/c18-11-13-1-6-16(19-12-13)24-15-4-2-14(3-5-15)20-17(22)21-7-9-23-10-8-21/h1,6,12,14-15H,2-5,7-10H2,(H,20,22). The van der Waals surface area contributed by atoms with E-state index in [4.69, 9.17) is 14.7 Å². The quantitative estimate of drug-likeness (QED) is 0.911. The van der Waals surface area contributed by atoms with E-state index in [0.29, 0.717) is 37.7 Å². The number of ether oxygens (including phenoxy) is 2. The van der Waals surface area contributed by atoms with Crippen molar-refractivity contribution in [2.24, 2.45) is 0 Å². The van der Waals surface area contributed by atoms with Gasteiger partial charge in [-0.3, -0.25) is 0 Å². The number of hydrogen-bond donors (Lipinski definition) is 1. The molecule has 128 valence electrons. The number of aromatic nitrogens is 1. The summed E-state index contributed by atoms with van der Waals surface area (Å²) in [5, 5.41) is 11.9. The zero-order chi connectivity index (χ0) is 16.8. The molecule has 1 aliphatic heterocycles. The summed E-state index contributed by atoms with van der Waals surface area (Å²) in [6.07, 6.45) is 5.20. The van der Waals surface area contributed by atoms with Gasteiger partial charge in [0.1, 0.15) is 12.2 Å². The Kier molecular flexibility index (Phi) is 5.49. The number of morpholine rings is 1. The molecular formula is C17H22N4O3. The van der Waals surface area contributed by atoms with Crippen LogP contribution in [0, 0.1) is 11.3 Å². The number of pyridine rings is 1. The fraction of sp³-hybridized carbons (Fsp3) is 0.588. The van der Waals surface area contributed by atoms with Crippen molar-refractivity contribution < 1.29 is 14.3 Å². The van der Waals surface area contributed by atoms with Gasteiger partial charge in [-0.2, -0.15) is 5.26 Å². The molecule has 7 heteroatoms. The molecule has 0 radical (unpaired) electrons. The third kappa shape index (κ3) is 4.36. The van der Waals surface area contributed by atoms with Gasteiger partial charge in [-0.1, -0.05) is 0 Å². The average Bonchev–Trinajstić information content (AvgIpc) is 2.65. The topological polar surface area (TPSA) is 87.5 Å². The predicted molar refractivity (Wildman–Crippen MR) is 86.5 cm³/mol. The van der Waals surface area contributed by atoms with Crippen LogP contribution in [0.1, 0.15) is 31.2 Å². The third-order valence-corrected chi connectivity index (χ3v) is 4.45. The van der Waals surface area contributed by atoms with Gasteiger partial charge in [0.05, 0.1) is 18.8 Å². The van der Waals surface area contributed by atoms with Gasteiger partial charge < -0.3 is 19.7 Å². The number of hydrogen-bond acceptors (Lipinski definition) is 5. The van der Waals surface area contributed by atoms with Gasteiger partial charge >= 0.3 is 6.03 Å². The highest BCUT2D eigenvalue weighted by atomic mass is 16.5. The van der Waals surface area contributed by atoms with Crippen molar-refractivity contribution in [2.75, 3.05) is 26.3 Å². The van der Waals surface area contributed by atoms with Gasteiger partial charge in [0, 0.05) is 31.4 Å². The fourth-order valence-electron chi connectivity index (χ4n) is 3.04. The van der Waals surface area contributed by atoms with Crippen molar-refractivity contribution in [3.05, 3.63) is 23.9 Å². The van der Waals surface area contributed by atoms with Gasteiger partial charge in [0.15, 0.2) is 0 Å². The first-order valence-electron chi connectivity index (χ1n) is 8.40. The first-order chi connectivity index (χ1) is 11.7. The maximum atomic E-state index is 12.2. The number of carbonyl (C=O) groups excluding carboxylic acids is 1. The average molecular weight is 330 g/mol. The van der Waals surface area contributed by atoms with Crippen LogP contribution >= 0.6 is 0 Å². The number of nitrogens with one attached hydrogen (secondary N) is 1. The number of nitriles is 1. The van der Waals surface area contributed by atoms with Crippen LogP contribution in [-0.2, 0) is 4.74 Å². The lowest BCUT2D eigenvalue weighted by Gasteiger charge is -2.32. The SMILES string of the molecule is N#Cc1ccc(OC2CCC(NC(=O)N3CCOCC3)CC2)nc1. The normalized spacial score (nSPS) is 24.0. The van der Waals surface area contributed by atoms with Crippen molar-refractivity contribution in [1.29, 1.82) is 5.26 Å². The van der Waals surface area contributed by atoms with Crippen LogP contribution in [0.3, 0.4) is 0 Å². The number of urea groups is 1. The second-order valence-corrected chi connectivity index (χ2v) is 6.14. The fourth-order valence-corrected chi connectivity index (χ4v) is 3.04. The van der Waals surface area contributed by atoms with E-state index in [1.807, 2.05) is 11.0 Å². The van der Waals surface area contributed by atoms with Gasteiger partial charge in [-0.05, 0) is 31.7 Å². The molecule has 0 atom stereocenters. The molecular weight excluding hydrogens is 308 g/mol. The van der Waals surface area contributed by atoms with Crippen LogP contribution in [0.25, 0.3) is 0 Å². The minimum Gasteiger partial charge on any atom is -0.474 e. The van der Waals surface area contributed by atoms with Gasteiger partial charge in [0.25, 0.3) is 0 Å². The number of carbonyl (C=O) groups is 1. The second kappa shape index (κ2) is 7.97. The van der Waals surface area contributed by atoms with E-state index in [2.05, 4.69) is 10.3 Å². The molecule has 1 saturated heterocycles. The zero-order valence-corrected chi connectivity index (χ0v) is 13.6. The summed E-state index contributed by atoms with van der Waals surface area (Å²) in [7, 11) is 0. The Bertz CT molecular complexity index is 585. The minimum atomic E-state index is 0.0106. The molecule has 2 fully saturated rings. The largest absolute Gasteiger partial charge is 0.474 e. The summed E-state index contributed by atoms with van der Waals surface area (Å²) in [5.74, 6) is 0.551. The van der Waals surface area contributed by atoms with E-state index in [1.165, 1.54) is 6.20 Å². The van der Waals surface area contributed by atoms with Crippen molar-refractivity contribution in [1.82, 2.24) is 15.2 Å². The minimum absolute atomic E-state index is 0.0106. The number of amides is 2. The predicted octanol–water partition coefficient (Wildman–Crippen LogP) is 1.69. The van der Waals surface area contributed by atoms with Gasteiger partial charge in [-0.15, -0.1) is 0 Å². The smallest absolute Gasteiger partial charge is 0.317 e. The second-order valence-electron chi connectivity index (χ2n) is 6.14. The molecule has 1 aliphatic carbocycles. The summed E-state index contributed by atoms with van der Waals surface area (Å²) in [6.45, 7) is 2.56. The van der Waals surface area contributed by atoms with Crippen LogP contribution in [0.5, 0.6) is 5.88 Å². The van der Waals surface area contributed by atoms with Crippen molar-refractivity contribution in [2.45, 2.75) is 37.8 Å². The van der Waals surface area contributed by atoms with E-state index in [1.54, 1.807) is 12.1 Å². The highest BCUT2D eigenvalue weighted by Gasteiger charge is 2.26. The Morgan fingerprint density at radius 1 is 1.29 bits per heavy atom. The molecule has 0 aromatic carbocycles. The van der Waals surface area contributed by atoms with Crippen molar-refractivity contribution >= 4 is 6.03 Å². The van der Waals surface area contributed by atoms with E-state index in [0.717, 1.165) is 25.7 Å². The summed E-state index contributed by atoms with van der Waals surface area (Å²) in [6, 6.07) is 5.68. The Balaban J connectivity index is 1.42. The highest BCUT2D eigenvalue weighted by Crippen LogP contribution is 2.23. The molecule has 2 heterocycles. The molecule has 2 amide bonds. The van der Waals surface area contributed by atoms with Crippen LogP contribution in [-0.4, -0.2) is 54.4 Å². The molecule has 7 nitrogen and oxygen atoms in total. The third-order valence-electron chi connectivity index (χ3n) is 4.45. The van der Waals surface area contributed by atoms with Crippen LogP contribution in [0.15, 0.2) is 18.3 Å². The summed E-state index contributed by atoms with van der Waals surface area (Å²) >= 11 is 0. The van der Waals surface area contributed by atoms with E-state index in [-0.39, 0.29) is 18.2 Å². The maximum absolute atomic E-state index is 12.2. The summed E-state index contributed by atoms with van der Waals surface area (Å²) in [4.78, 5) is 18.1. The first-order valence-corrected chi connectivity index (χ1v) is 8.40. The molecule has 1 N–H and O–H groups in total. The Morgan fingerprint density at radius 3 is 2.67 bits per heavy atom. The first kappa shape index (κ1) is 16.5. The van der Waals surface area contributed by atoms with E-state index in [9.17, 15) is 4.79 Å². The van der Waals surface area contributed by atoms with Crippen molar-refractivity contribution in [3.63, 3.8) is 0 Å². The lowest BCUT2D eigenvalue weighted by atomic mass is 9.93. The summed E-state index contributed by atoms with van der Waals surface area (Å²) < 4.78 is 11.1. The molecule has 2 aliphatic rings. The zero-order valence-electron chi connectivity index (χ0n) is 13.6. The lowest BCUT2D eigenvalue weighted by molar-refractivity contribution is 0.0513. The molecule has 1 saturated carbocycles. The lowest BCUT2D eigenvalue weighted by Crippen LogP contribution is -2.50. The van der Waals surface area contributed by atoms with E-state index < -0.39 is 0 Å². The molecule has 0 bridgehead atoms. The van der Waals surface area contributed by atoms with Gasteiger partial charge in [-0.25, -0.2) is 9.78 Å². The maximum Gasteiger partial charge on any atom is 0.317 e. The number of rotatable bonds is 3. The Morgan fingerprint density at radius 2 is 2.04 bits per heavy atom. The monoisotopic (exact) mass is 330 g/mol. The van der Waals surface area contributed by atoms with Crippen molar-refractivity contribution in [3.8, 4) is 11.9 Å². The van der Waals surface area contributed by atoms with Gasteiger partial charge in [0.2, 0.25) is 5.88 Å². The molecule has 3 rings (SSSR count).